The Morgan fingerprint density at radius 1 is 1.23 bits per heavy atom. The number of rotatable bonds is 3. The number of hydrogen-bond donors (Lipinski definition) is 2. The van der Waals surface area contributed by atoms with E-state index < -0.39 is 11.9 Å². The van der Waals surface area contributed by atoms with Gasteiger partial charge in [-0.15, -0.1) is 0 Å². The van der Waals surface area contributed by atoms with Crippen molar-refractivity contribution < 1.29 is 14.7 Å². The average molecular weight is 323 g/mol. The van der Waals surface area contributed by atoms with Crippen LogP contribution in [0.15, 0.2) is 24.3 Å². The molecule has 1 aliphatic carbocycles. The van der Waals surface area contributed by atoms with Gasteiger partial charge in [0.15, 0.2) is 0 Å². The van der Waals surface area contributed by atoms with E-state index in [0.29, 0.717) is 25.4 Å². The number of urea groups is 1. The van der Waals surface area contributed by atoms with Crippen molar-refractivity contribution in [1.29, 1.82) is 0 Å². The SMILES string of the molecule is O=C(O)C1CCN(C(=O)NC2CC(c3ccc(Cl)cc3)C2)C1. The number of carbonyl (C=O) groups is 2. The number of aliphatic carboxylic acids is 1. The Kier molecular flexibility index (Phi) is 4.25. The molecule has 118 valence electrons. The second kappa shape index (κ2) is 6.16. The highest BCUT2D eigenvalue weighted by Crippen LogP contribution is 2.37. The number of likely N-dealkylation sites (tertiary alicyclic amines) is 1. The second-order valence-corrected chi connectivity index (χ2v) is 6.57. The molecule has 1 atom stereocenters. The quantitative estimate of drug-likeness (QED) is 0.899. The number of carboxylic acid groups (broad SMARTS) is 1. The average Bonchev–Trinajstić information content (AvgIpc) is 2.93. The maximum Gasteiger partial charge on any atom is 0.317 e. The van der Waals surface area contributed by atoms with E-state index in [4.69, 9.17) is 16.7 Å². The van der Waals surface area contributed by atoms with Crippen molar-refractivity contribution in [2.75, 3.05) is 13.1 Å². The van der Waals surface area contributed by atoms with E-state index in [1.807, 2.05) is 24.3 Å². The molecule has 1 unspecified atom stereocenters. The summed E-state index contributed by atoms with van der Waals surface area (Å²) in [6, 6.07) is 7.88. The van der Waals surface area contributed by atoms with Crippen LogP contribution in [0.4, 0.5) is 4.79 Å². The van der Waals surface area contributed by atoms with Crippen molar-refractivity contribution in [2.24, 2.45) is 5.92 Å². The summed E-state index contributed by atoms with van der Waals surface area (Å²) in [5.41, 5.74) is 1.25. The summed E-state index contributed by atoms with van der Waals surface area (Å²) in [5, 5.41) is 12.7. The van der Waals surface area contributed by atoms with Gasteiger partial charge in [0.25, 0.3) is 0 Å². The largest absolute Gasteiger partial charge is 0.481 e. The Bertz CT molecular complexity index is 569. The molecule has 2 fully saturated rings. The van der Waals surface area contributed by atoms with Gasteiger partial charge in [-0.2, -0.15) is 0 Å². The van der Waals surface area contributed by atoms with Crippen molar-refractivity contribution in [2.45, 2.75) is 31.2 Å². The third-order valence-electron chi connectivity index (χ3n) is 4.63. The maximum absolute atomic E-state index is 12.1. The van der Waals surface area contributed by atoms with Crippen LogP contribution in [0.5, 0.6) is 0 Å². The first-order chi connectivity index (χ1) is 10.5. The molecule has 2 N–H and O–H groups in total. The summed E-state index contributed by atoms with van der Waals surface area (Å²) in [6.45, 7) is 0.838. The molecule has 22 heavy (non-hydrogen) atoms. The lowest BCUT2D eigenvalue weighted by Crippen LogP contribution is -2.48. The molecule has 2 aliphatic rings. The van der Waals surface area contributed by atoms with Crippen LogP contribution in [0.25, 0.3) is 0 Å². The Hall–Kier alpha value is -1.75. The van der Waals surface area contributed by atoms with Crippen LogP contribution < -0.4 is 5.32 Å². The van der Waals surface area contributed by atoms with Crippen LogP contribution >= 0.6 is 11.6 Å². The topological polar surface area (TPSA) is 69.6 Å². The van der Waals surface area contributed by atoms with Crippen LogP contribution in [0.3, 0.4) is 0 Å². The maximum atomic E-state index is 12.1. The van der Waals surface area contributed by atoms with Gasteiger partial charge in [0.2, 0.25) is 0 Å². The molecule has 0 aromatic heterocycles. The molecule has 1 aliphatic heterocycles. The minimum atomic E-state index is -0.818. The molecule has 0 radical (unpaired) electrons. The summed E-state index contributed by atoms with van der Waals surface area (Å²) in [7, 11) is 0. The lowest BCUT2D eigenvalue weighted by molar-refractivity contribution is -0.141. The Morgan fingerprint density at radius 2 is 1.91 bits per heavy atom. The number of carboxylic acids is 1. The van der Waals surface area contributed by atoms with Crippen LogP contribution in [0.1, 0.15) is 30.7 Å². The number of nitrogens with zero attached hydrogens (tertiary/aromatic N) is 1. The molecule has 1 aromatic carbocycles. The highest BCUT2D eigenvalue weighted by atomic mass is 35.5. The molecule has 0 bridgehead atoms. The van der Waals surface area contributed by atoms with E-state index >= 15 is 0 Å². The molecule has 1 aromatic rings. The van der Waals surface area contributed by atoms with E-state index in [0.717, 1.165) is 17.9 Å². The molecule has 1 heterocycles. The monoisotopic (exact) mass is 322 g/mol. The van der Waals surface area contributed by atoms with Gasteiger partial charge in [0, 0.05) is 24.2 Å². The molecular weight excluding hydrogens is 304 g/mol. The fraction of sp³-hybridized carbons (Fsp3) is 0.500. The van der Waals surface area contributed by atoms with Gasteiger partial charge < -0.3 is 15.3 Å². The molecule has 0 spiro atoms. The van der Waals surface area contributed by atoms with Crippen molar-refractivity contribution >= 4 is 23.6 Å². The first-order valence-corrected chi connectivity index (χ1v) is 7.94. The standard InChI is InChI=1S/C16H19ClN2O3/c17-13-3-1-10(2-4-13)12-7-14(8-12)18-16(22)19-6-5-11(9-19)15(20)21/h1-4,11-12,14H,5-9H2,(H,18,22)(H,20,21). The predicted octanol–water partition coefficient (Wildman–Crippen LogP) is 2.70. The van der Waals surface area contributed by atoms with Crippen LogP contribution in [-0.4, -0.2) is 41.1 Å². The van der Waals surface area contributed by atoms with Crippen molar-refractivity contribution in [3.05, 3.63) is 34.9 Å². The van der Waals surface area contributed by atoms with E-state index in [2.05, 4.69) is 5.32 Å². The Morgan fingerprint density at radius 3 is 2.50 bits per heavy atom. The molecule has 1 saturated carbocycles. The third kappa shape index (κ3) is 3.19. The fourth-order valence-corrected chi connectivity index (χ4v) is 3.28. The lowest BCUT2D eigenvalue weighted by atomic mass is 9.76. The fourth-order valence-electron chi connectivity index (χ4n) is 3.16. The Labute approximate surface area is 134 Å². The van der Waals surface area contributed by atoms with Gasteiger partial charge in [-0.3, -0.25) is 4.79 Å². The summed E-state index contributed by atoms with van der Waals surface area (Å²) < 4.78 is 0. The number of carbonyl (C=O) groups excluding carboxylic acids is 1. The van der Waals surface area contributed by atoms with E-state index in [-0.39, 0.29) is 12.1 Å². The normalized spacial score (nSPS) is 27.3. The summed E-state index contributed by atoms with van der Waals surface area (Å²) in [5.74, 6) is -0.774. The van der Waals surface area contributed by atoms with Crippen LogP contribution in [-0.2, 0) is 4.79 Å². The number of amides is 2. The minimum Gasteiger partial charge on any atom is -0.481 e. The molecule has 2 amide bonds. The highest BCUT2D eigenvalue weighted by Gasteiger charge is 2.35. The van der Waals surface area contributed by atoms with Gasteiger partial charge in [0.1, 0.15) is 0 Å². The van der Waals surface area contributed by atoms with Crippen molar-refractivity contribution in [3.8, 4) is 0 Å². The molecule has 6 heteroatoms. The van der Waals surface area contributed by atoms with Crippen LogP contribution in [0.2, 0.25) is 5.02 Å². The molecule has 1 saturated heterocycles. The van der Waals surface area contributed by atoms with Gasteiger partial charge in [-0.1, -0.05) is 23.7 Å². The zero-order valence-corrected chi connectivity index (χ0v) is 12.9. The van der Waals surface area contributed by atoms with Gasteiger partial charge >= 0.3 is 12.0 Å². The van der Waals surface area contributed by atoms with Gasteiger partial charge in [-0.25, -0.2) is 4.79 Å². The first kappa shape index (κ1) is 15.2. The predicted molar refractivity (Wildman–Crippen MR) is 83.1 cm³/mol. The molecule has 3 rings (SSSR count). The summed E-state index contributed by atoms with van der Waals surface area (Å²) >= 11 is 5.88. The third-order valence-corrected chi connectivity index (χ3v) is 4.88. The van der Waals surface area contributed by atoms with E-state index in [1.54, 1.807) is 4.90 Å². The highest BCUT2D eigenvalue weighted by molar-refractivity contribution is 6.30. The van der Waals surface area contributed by atoms with E-state index in [9.17, 15) is 9.59 Å². The van der Waals surface area contributed by atoms with Crippen molar-refractivity contribution in [3.63, 3.8) is 0 Å². The molecular formula is C16H19ClN2O3. The summed E-state index contributed by atoms with van der Waals surface area (Å²) in [6.07, 6.45) is 2.38. The van der Waals surface area contributed by atoms with Crippen molar-refractivity contribution in [1.82, 2.24) is 10.2 Å². The Balaban J connectivity index is 1.45. The smallest absolute Gasteiger partial charge is 0.317 e. The molecule has 5 nitrogen and oxygen atoms in total. The second-order valence-electron chi connectivity index (χ2n) is 6.14. The number of nitrogens with one attached hydrogen (secondary N) is 1. The van der Waals surface area contributed by atoms with Gasteiger partial charge in [-0.05, 0) is 42.9 Å². The lowest BCUT2D eigenvalue weighted by Gasteiger charge is -2.37. The van der Waals surface area contributed by atoms with E-state index in [1.165, 1.54) is 5.56 Å². The number of benzene rings is 1. The minimum absolute atomic E-state index is 0.136. The zero-order chi connectivity index (χ0) is 15.7. The number of hydrogen-bond acceptors (Lipinski definition) is 2. The van der Waals surface area contributed by atoms with Gasteiger partial charge in [0.05, 0.1) is 5.92 Å². The first-order valence-electron chi connectivity index (χ1n) is 7.56. The summed E-state index contributed by atoms with van der Waals surface area (Å²) in [4.78, 5) is 24.6. The number of halogens is 1. The zero-order valence-electron chi connectivity index (χ0n) is 12.2. The van der Waals surface area contributed by atoms with Crippen LogP contribution in [0, 0.1) is 5.92 Å².